The molecule has 0 radical (unpaired) electrons. The molecular weight excluding hydrogens is 450 g/mol. The molecule has 0 unspecified atom stereocenters. The topological polar surface area (TPSA) is 104 Å². The molecule has 3 rings (SSSR count). The van der Waals surface area contributed by atoms with Crippen LogP contribution in [0.3, 0.4) is 0 Å². The standard InChI is InChI=1S/C22H29N3O5S2/c1-4-24(5-2)31(27,28)20-12-14-21(15-13-20)32(29,30)25(19-10-11-19)16-17-6-8-18(9-7-17)22(26)23-3/h6-9,12-15,19H,4-5,10-11,16H2,1-3H3,(H,23,26). The molecule has 2 aromatic rings. The van der Waals surface area contributed by atoms with Crippen molar-refractivity contribution in [3.05, 3.63) is 59.7 Å². The average molecular weight is 480 g/mol. The van der Waals surface area contributed by atoms with Crippen LogP contribution in [0.1, 0.15) is 42.6 Å². The van der Waals surface area contributed by atoms with Gasteiger partial charge < -0.3 is 5.32 Å². The fourth-order valence-corrected chi connectivity index (χ4v) is 6.62. The van der Waals surface area contributed by atoms with Gasteiger partial charge in [-0.05, 0) is 54.8 Å². The highest BCUT2D eigenvalue weighted by molar-refractivity contribution is 7.89. The number of nitrogens with one attached hydrogen (secondary N) is 1. The van der Waals surface area contributed by atoms with Crippen molar-refractivity contribution in [1.29, 1.82) is 0 Å². The lowest BCUT2D eigenvalue weighted by atomic mass is 10.1. The van der Waals surface area contributed by atoms with Crippen LogP contribution in [-0.4, -0.2) is 57.5 Å². The van der Waals surface area contributed by atoms with Gasteiger partial charge in [0.2, 0.25) is 20.0 Å². The Kier molecular flexibility index (Phi) is 7.39. The first-order valence-corrected chi connectivity index (χ1v) is 13.5. The number of carbonyl (C=O) groups excluding carboxylic acids is 1. The van der Waals surface area contributed by atoms with Crippen LogP contribution in [-0.2, 0) is 26.6 Å². The summed E-state index contributed by atoms with van der Waals surface area (Å²) in [6.07, 6.45) is 1.56. The molecule has 0 bridgehead atoms. The summed E-state index contributed by atoms with van der Waals surface area (Å²) >= 11 is 0. The molecule has 0 saturated heterocycles. The summed E-state index contributed by atoms with van der Waals surface area (Å²) < 4.78 is 54.8. The van der Waals surface area contributed by atoms with Gasteiger partial charge in [-0.15, -0.1) is 0 Å². The number of benzene rings is 2. The van der Waals surface area contributed by atoms with E-state index in [0.717, 1.165) is 18.4 Å². The Morgan fingerprint density at radius 3 is 1.81 bits per heavy atom. The second kappa shape index (κ2) is 9.70. The minimum Gasteiger partial charge on any atom is -0.355 e. The van der Waals surface area contributed by atoms with Gasteiger partial charge in [-0.25, -0.2) is 16.8 Å². The van der Waals surface area contributed by atoms with Crippen molar-refractivity contribution >= 4 is 26.0 Å². The number of nitrogens with zero attached hydrogens (tertiary/aromatic N) is 2. The van der Waals surface area contributed by atoms with E-state index in [2.05, 4.69) is 5.32 Å². The fraction of sp³-hybridized carbons (Fsp3) is 0.409. The van der Waals surface area contributed by atoms with E-state index < -0.39 is 20.0 Å². The summed E-state index contributed by atoms with van der Waals surface area (Å²) in [4.78, 5) is 11.9. The zero-order valence-corrected chi connectivity index (χ0v) is 20.1. The molecule has 0 atom stereocenters. The Morgan fingerprint density at radius 2 is 1.38 bits per heavy atom. The summed E-state index contributed by atoms with van der Waals surface area (Å²) in [5.74, 6) is -0.206. The molecule has 2 aromatic carbocycles. The van der Waals surface area contributed by atoms with Crippen molar-refractivity contribution in [2.24, 2.45) is 0 Å². The first kappa shape index (κ1) is 24.4. The maximum atomic E-state index is 13.3. The minimum atomic E-state index is -3.82. The number of hydrogen-bond acceptors (Lipinski definition) is 5. The molecule has 0 aromatic heterocycles. The van der Waals surface area contributed by atoms with Crippen LogP contribution in [0.5, 0.6) is 0 Å². The van der Waals surface area contributed by atoms with Gasteiger partial charge in [0.05, 0.1) is 9.79 Å². The van der Waals surface area contributed by atoms with Gasteiger partial charge in [0.1, 0.15) is 0 Å². The van der Waals surface area contributed by atoms with Gasteiger partial charge in [-0.1, -0.05) is 26.0 Å². The summed E-state index contributed by atoms with van der Waals surface area (Å²) in [6.45, 7) is 4.38. The third-order valence-electron chi connectivity index (χ3n) is 5.51. The van der Waals surface area contributed by atoms with Crippen LogP contribution in [0.4, 0.5) is 0 Å². The molecule has 0 heterocycles. The SMILES string of the molecule is CCN(CC)S(=O)(=O)c1ccc(S(=O)(=O)N(Cc2ccc(C(=O)NC)cc2)C2CC2)cc1. The lowest BCUT2D eigenvalue weighted by molar-refractivity contribution is 0.0963. The van der Waals surface area contributed by atoms with Gasteiger partial charge in [0.15, 0.2) is 0 Å². The van der Waals surface area contributed by atoms with Crippen molar-refractivity contribution in [1.82, 2.24) is 13.9 Å². The molecule has 1 aliphatic rings. The predicted octanol–water partition coefficient (Wildman–Crippen LogP) is 2.43. The molecule has 10 heteroatoms. The van der Waals surface area contributed by atoms with E-state index in [4.69, 9.17) is 0 Å². The van der Waals surface area contributed by atoms with E-state index in [1.165, 1.54) is 32.9 Å². The maximum absolute atomic E-state index is 13.3. The number of sulfonamides is 2. The maximum Gasteiger partial charge on any atom is 0.251 e. The summed E-state index contributed by atoms with van der Waals surface area (Å²) in [5, 5.41) is 2.55. The molecule has 32 heavy (non-hydrogen) atoms. The number of amides is 1. The van der Waals surface area contributed by atoms with E-state index in [1.54, 1.807) is 45.2 Å². The first-order valence-electron chi connectivity index (χ1n) is 10.6. The molecule has 1 aliphatic carbocycles. The Morgan fingerprint density at radius 1 is 0.875 bits per heavy atom. The van der Waals surface area contributed by atoms with Crippen LogP contribution in [0.2, 0.25) is 0 Å². The quantitative estimate of drug-likeness (QED) is 0.564. The lowest BCUT2D eigenvalue weighted by Crippen LogP contribution is -2.33. The molecule has 1 fully saturated rings. The summed E-state index contributed by atoms with van der Waals surface area (Å²) in [5.41, 5.74) is 1.27. The minimum absolute atomic E-state index is 0.0601. The van der Waals surface area contributed by atoms with Crippen LogP contribution < -0.4 is 5.32 Å². The Hall–Kier alpha value is -2.27. The van der Waals surface area contributed by atoms with Crippen LogP contribution >= 0.6 is 0 Å². The van der Waals surface area contributed by atoms with E-state index in [-0.39, 0.29) is 28.3 Å². The van der Waals surface area contributed by atoms with Crippen molar-refractivity contribution in [2.75, 3.05) is 20.1 Å². The summed E-state index contributed by atoms with van der Waals surface area (Å²) in [6, 6.07) is 12.2. The van der Waals surface area contributed by atoms with Crippen LogP contribution in [0.15, 0.2) is 58.3 Å². The van der Waals surface area contributed by atoms with Gasteiger partial charge in [0.25, 0.3) is 5.91 Å². The van der Waals surface area contributed by atoms with E-state index in [9.17, 15) is 21.6 Å². The normalized spacial score (nSPS) is 14.7. The van der Waals surface area contributed by atoms with E-state index in [1.807, 2.05) is 0 Å². The molecule has 0 spiro atoms. The number of carbonyl (C=O) groups is 1. The molecule has 8 nitrogen and oxygen atoms in total. The molecule has 1 amide bonds. The number of rotatable bonds is 10. The van der Waals surface area contributed by atoms with Gasteiger partial charge in [-0.2, -0.15) is 8.61 Å². The summed E-state index contributed by atoms with van der Waals surface area (Å²) in [7, 11) is -5.92. The fourth-order valence-electron chi connectivity index (χ4n) is 3.49. The largest absolute Gasteiger partial charge is 0.355 e. The molecular formula is C22H29N3O5S2. The Balaban J connectivity index is 1.85. The molecule has 1 N–H and O–H groups in total. The van der Waals surface area contributed by atoms with Gasteiger partial charge in [-0.3, -0.25) is 4.79 Å². The van der Waals surface area contributed by atoms with Crippen molar-refractivity contribution in [3.63, 3.8) is 0 Å². The highest BCUT2D eigenvalue weighted by Crippen LogP contribution is 2.34. The first-order chi connectivity index (χ1) is 15.1. The van der Waals surface area contributed by atoms with Crippen molar-refractivity contribution in [3.8, 4) is 0 Å². The van der Waals surface area contributed by atoms with Crippen molar-refractivity contribution < 1.29 is 21.6 Å². The zero-order valence-electron chi connectivity index (χ0n) is 18.5. The highest BCUT2D eigenvalue weighted by Gasteiger charge is 2.38. The van der Waals surface area contributed by atoms with E-state index in [0.29, 0.717) is 18.7 Å². The molecule has 0 aliphatic heterocycles. The number of hydrogen-bond donors (Lipinski definition) is 1. The zero-order chi connectivity index (χ0) is 23.5. The van der Waals surface area contributed by atoms with Crippen LogP contribution in [0, 0.1) is 0 Å². The average Bonchev–Trinajstić information content (AvgIpc) is 3.63. The van der Waals surface area contributed by atoms with Gasteiger partial charge >= 0.3 is 0 Å². The highest BCUT2D eigenvalue weighted by atomic mass is 32.2. The molecule has 174 valence electrons. The van der Waals surface area contributed by atoms with E-state index >= 15 is 0 Å². The second-order valence-corrected chi connectivity index (χ2v) is 11.4. The Bertz CT molecular complexity index is 1150. The van der Waals surface area contributed by atoms with Gasteiger partial charge in [0, 0.05) is 38.3 Å². The Labute approximate surface area is 190 Å². The second-order valence-electron chi connectivity index (χ2n) is 7.62. The molecule has 1 saturated carbocycles. The monoisotopic (exact) mass is 479 g/mol. The third kappa shape index (κ3) is 5.03. The lowest BCUT2D eigenvalue weighted by Gasteiger charge is -2.23. The smallest absolute Gasteiger partial charge is 0.251 e. The van der Waals surface area contributed by atoms with Crippen LogP contribution in [0.25, 0.3) is 0 Å². The third-order valence-corrected chi connectivity index (χ3v) is 9.49. The predicted molar refractivity (Wildman–Crippen MR) is 122 cm³/mol. The van der Waals surface area contributed by atoms with Crippen molar-refractivity contribution in [2.45, 2.75) is 49.1 Å².